The Balaban J connectivity index is 2.16. The average molecular weight is 237 g/mol. The van der Waals surface area contributed by atoms with Crippen molar-refractivity contribution in [3.8, 4) is 11.1 Å². The SMILES string of the molecule is CCn1ncc(-c2cnc3ccccc3c2)c1C. The Labute approximate surface area is 106 Å². The first-order valence-corrected chi connectivity index (χ1v) is 6.17. The summed E-state index contributed by atoms with van der Waals surface area (Å²) in [7, 11) is 0. The van der Waals surface area contributed by atoms with E-state index >= 15 is 0 Å². The van der Waals surface area contributed by atoms with Crippen LogP contribution in [0.2, 0.25) is 0 Å². The smallest absolute Gasteiger partial charge is 0.0702 e. The molecule has 0 aliphatic heterocycles. The van der Waals surface area contributed by atoms with E-state index in [1.807, 2.05) is 35.3 Å². The van der Waals surface area contributed by atoms with E-state index in [4.69, 9.17) is 0 Å². The average Bonchev–Trinajstić information content (AvgIpc) is 2.79. The second-order valence-electron chi connectivity index (χ2n) is 4.38. The summed E-state index contributed by atoms with van der Waals surface area (Å²) >= 11 is 0. The van der Waals surface area contributed by atoms with Crippen LogP contribution in [0.1, 0.15) is 12.6 Å². The molecular weight excluding hydrogens is 222 g/mol. The molecule has 2 aromatic heterocycles. The van der Waals surface area contributed by atoms with Crippen molar-refractivity contribution in [1.29, 1.82) is 0 Å². The highest BCUT2D eigenvalue weighted by Gasteiger charge is 2.08. The van der Waals surface area contributed by atoms with Crippen molar-refractivity contribution in [2.75, 3.05) is 0 Å². The van der Waals surface area contributed by atoms with Crippen LogP contribution in [-0.4, -0.2) is 14.8 Å². The van der Waals surface area contributed by atoms with Crippen LogP contribution in [0.15, 0.2) is 42.7 Å². The van der Waals surface area contributed by atoms with Crippen molar-refractivity contribution in [1.82, 2.24) is 14.8 Å². The topological polar surface area (TPSA) is 30.7 Å². The molecular formula is C15H15N3. The molecule has 0 fully saturated rings. The van der Waals surface area contributed by atoms with Gasteiger partial charge in [0.15, 0.2) is 0 Å². The summed E-state index contributed by atoms with van der Waals surface area (Å²) < 4.78 is 2.00. The zero-order valence-corrected chi connectivity index (χ0v) is 10.6. The third-order valence-corrected chi connectivity index (χ3v) is 3.30. The van der Waals surface area contributed by atoms with Crippen LogP contribution in [0.5, 0.6) is 0 Å². The largest absolute Gasteiger partial charge is 0.270 e. The molecule has 0 bridgehead atoms. The van der Waals surface area contributed by atoms with Crippen molar-refractivity contribution in [3.05, 3.63) is 48.4 Å². The number of benzene rings is 1. The summed E-state index contributed by atoms with van der Waals surface area (Å²) in [4.78, 5) is 4.50. The molecule has 0 N–H and O–H groups in total. The minimum atomic E-state index is 0.896. The van der Waals surface area contributed by atoms with Crippen LogP contribution in [0.4, 0.5) is 0 Å². The van der Waals surface area contributed by atoms with E-state index in [1.54, 1.807) is 0 Å². The van der Waals surface area contributed by atoms with Crippen LogP contribution >= 0.6 is 0 Å². The summed E-state index contributed by atoms with van der Waals surface area (Å²) in [5, 5.41) is 5.54. The summed E-state index contributed by atoms with van der Waals surface area (Å²) in [6, 6.07) is 10.3. The van der Waals surface area contributed by atoms with E-state index in [0.717, 1.165) is 23.2 Å². The molecule has 3 aromatic rings. The van der Waals surface area contributed by atoms with Gasteiger partial charge in [-0.05, 0) is 26.0 Å². The number of fused-ring (bicyclic) bond motifs is 1. The molecule has 18 heavy (non-hydrogen) atoms. The third kappa shape index (κ3) is 1.68. The molecule has 3 heteroatoms. The fourth-order valence-electron chi connectivity index (χ4n) is 2.27. The minimum Gasteiger partial charge on any atom is -0.270 e. The first kappa shape index (κ1) is 11.0. The summed E-state index contributed by atoms with van der Waals surface area (Å²) in [6.45, 7) is 5.09. The number of aromatic nitrogens is 3. The second kappa shape index (κ2) is 4.26. The second-order valence-corrected chi connectivity index (χ2v) is 4.38. The Bertz CT molecular complexity index is 698. The van der Waals surface area contributed by atoms with Gasteiger partial charge in [-0.2, -0.15) is 5.10 Å². The number of rotatable bonds is 2. The molecule has 0 aliphatic carbocycles. The maximum atomic E-state index is 4.50. The first-order chi connectivity index (χ1) is 8.79. The number of hydrogen-bond acceptors (Lipinski definition) is 2. The van der Waals surface area contributed by atoms with Gasteiger partial charge in [0, 0.05) is 34.9 Å². The standard InChI is InChI=1S/C15H15N3/c1-3-18-11(2)14(10-17-18)13-8-12-6-4-5-7-15(12)16-9-13/h4-10H,3H2,1-2H3. The fourth-order valence-corrected chi connectivity index (χ4v) is 2.27. The molecule has 3 nitrogen and oxygen atoms in total. The minimum absolute atomic E-state index is 0.896. The van der Waals surface area contributed by atoms with Gasteiger partial charge in [0.1, 0.15) is 0 Å². The van der Waals surface area contributed by atoms with E-state index in [9.17, 15) is 0 Å². The third-order valence-electron chi connectivity index (χ3n) is 3.30. The predicted octanol–water partition coefficient (Wildman–Crippen LogP) is 3.43. The molecule has 0 atom stereocenters. The number of aryl methyl sites for hydroxylation is 1. The lowest BCUT2D eigenvalue weighted by atomic mass is 10.1. The Morgan fingerprint density at radius 2 is 2.00 bits per heavy atom. The number of para-hydroxylation sites is 1. The van der Waals surface area contributed by atoms with E-state index in [2.05, 4.69) is 36.1 Å². The normalized spacial score (nSPS) is 11.0. The van der Waals surface area contributed by atoms with Gasteiger partial charge in [-0.25, -0.2) is 0 Å². The van der Waals surface area contributed by atoms with Crippen LogP contribution in [0.3, 0.4) is 0 Å². The van der Waals surface area contributed by atoms with E-state index in [0.29, 0.717) is 0 Å². The quantitative estimate of drug-likeness (QED) is 0.683. The molecule has 90 valence electrons. The van der Waals surface area contributed by atoms with Crippen molar-refractivity contribution in [2.45, 2.75) is 20.4 Å². The molecule has 0 spiro atoms. The van der Waals surface area contributed by atoms with E-state index < -0.39 is 0 Å². The van der Waals surface area contributed by atoms with Gasteiger partial charge in [-0.15, -0.1) is 0 Å². The molecule has 3 rings (SSSR count). The van der Waals surface area contributed by atoms with Gasteiger partial charge in [0.05, 0.1) is 11.7 Å². The summed E-state index contributed by atoms with van der Waals surface area (Å²) in [5.41, 5.74) is 4.51. The summed E-state index contributed by atoms with van der Waals surface area (Å²) in [5.74, 6) is 0. The highest BCUT2D eigenvalue weighted by Crippen LogP contribution is 2.25. The molecule has 0 saturated carbocycles. The molecule has 0 unspecified atom stereocenters. The Morgan fingerprint density at radius 1 is 1.17 bits per heavy atom. The number of nitrogens with zero attached hydrogens (tertiary/aromatic N) is 3. The van der Waals surface area contributed by atoms with Gasteiger partial charge in [0.2, 0.25) is 0 Å². The van der Waals surface area contributed by atoms with Gasteiger partial charge < -0.3 is 0 Å². The van der Waals surface area contributed by atoms with Crippen molar-refractivity contribution < 1.29 is 0 Å². The maximum Gasteiger partial charge on any atom is 0.0702 e. The number of hydrogen-bond donors (Lipinski definition) is 0. The van der Waals surface area contributed by atoms with Crippen LogP contribution in [-0.2, 0) is 6.54 Å². The van der Waals surface area contributed by atoms with E-state index in [1.165, 1.54) is 11.1 Å². The lowest BCUT2D eigenvalue weighted by molar-refractivity contribution is 0.640. The van der Waals surface area contributed by atoms with Gasteiger partial charge >= 0.3 is 0 Å². The zero-order chi connectivity index (χ0) is 12.5. The first-order valence-electron chi connectivity index (χ1n) is 6.17. The van der Waals surface area contributed by atoms with Crippen molar-refractivity contribution in [3.63, 3.8) is 0 Å². The van der Waals surface area contributed by atoms with Gasteiger partial charge in [-0.3, -0.25) is 9.67 Å². The van der Waals surface area contributed by atoms with Crippen LogP contribution in [0, 0.1) is 6.92 Å². The zero-order valence-electron chi connectivity index (χ0n) is 10.6. The molecule has 0 radical (unpaired) electrons. The molecule has 0 saturated heterocycles. The monoisotopic (exact) mass is 237 g/mol. The van der Waals surface area contributed by atoms with Gasteiger partial charge in [0.25, 0.3) is 0 Å². The Hall–Kier alpha value is -2.16. The lowest BCUT2D eigenvalue weighted by Gasteiger charge is -2.04. The Kier molecular flexibility index (Phi) is 2.59. The molecule has 1 aromatic carbocycles. The predicted molar refractivity (Wildman–Crippen MR) is 73.4 cm³/mol. The number of pyridine rings is 1. The van der Waals surface area contributed by atoms with Crippen molar-refractivity contribution >= 4 is 10.9 Å². The van der Waals surface area contributed by atoms with Crippen molar-refractivity contribution in [2.24, 2.45) is 0 Å². The highest BCUT2D eigenvalue weighted by atomic mass is 15.3. The highest BCUT2D eigenvalue weighted by molar-refractivity contribution is 5.83. The van der Waals surface area contributed by atoms with Crippen LogP contribution in [0.25, 0.3) is 22.0 Å². The van der Waals surface area contributed by atoms with E-state index in [-0.39, 0.29) is 0 Å². The maximum absolute atomic E-state index is 4.50. The lowest BCUT2D eigenvalue weighted by Crippen LogP contribution is -1.98. The van der Waals surface area contributed by atoms with Gasteiger partial charge in [-0.1, -0.05) is 18.2 Å². The van der Waals surface area contributed by atoms with Crippen LogP contribution < -0.4 is 0 Å². The fraction of sp³-hybridized carbons (Fsp3) is 0.200. The summed E-state index contributed by atoms with van der Waals surface area (Å²) in [6.07, 6.45) is 3.84. The Morgan fingerprint density at radius 3 is 2.78 bits per heavy atom. The molecule has 2 heterocycles. The molecule has 0 amide bonds. The molecule has 0 aliphatic rings.